The van der Waals surface area contributed by atoms with Gasteiger partial charge in [0.15, 0.2) is 11.6 Å². The van der Waals surface area contributed by atoms with Crippen molar-refractivity contribution >= 4 is 39.3 Å². The number of allylic oxidation sites excluding steroid dienone is 6. The number of phenolic OH excluding ortho intramolecular Hbond substituents is 1. The maximum atomic E-state index is 13.7. The lowest BCUT2D eigenvalue weighted by Gasteiger charge is -2.42. The first-order chi connectivity index (χ1) is 17.4. The zero-order valence-electron chi connectivity index (χ0n) is 21.3. The number of benzene rings is 1. The third-order valence-corrected chi connectivity index (χ3v) is 8.43. The quantitative estimate of drug-likeness (QED) is 0.333. The molecule has 2 amide bonds. The zero-order valence-corrected chi connectivity index (χ0v) is 22.8. The van der Waals surface area contributed by atoms with Gasteiger partial charge in [0.05, 0.1) is 30.5 Å². The van der Waals surface area contributed by atoms with Crippen molar-refractivity contribution in [1.29, 1.82) is 0 Å². The Hall–Kier alpha value is -3.20. The molecule has 1 saturated heterocycles. The van der Waals surface area contributed by atoms with Crippen molar-refractivity contribution in [2.75, 3.05) is 14.2 Å². The van der Waals surface area contributed by atoms with E-state index in [0.29, 0.717) is 23.3 Å². The minimum atomic E-state index is -0.824. The number of halogens is 1. The number of carbonyl (C=O) groups excluding carboxylic acids is 4. The van der Waals surface area contributed by atoms with Gasteiger partial charge in [-0.05, 0) is 55.5 Å². The van der Waals surface area contributed by atoms with E-state index in [-0.39, 0.29) is 51.4 Å². The first-order valence-corrected chi connectivity index (χ1v) is 12.9. The van der Waals surface area contributed by atoms with Gasteiger partial charge in [-0.1, -0.05) is 11.6 Å². The molecule has 1 heterocycles. The van der Waals surface area contributed by atoms with Crippen LogP contribution in [0.15, 0.2) is 45.5 Å². The lowest BCUT2D eigenvalue weighted by Crippen LogP contribution is -2.46. The number of rotatable bonds is 3. The molecular weight excluding hydrogens is 542 g/mol. The summed E-state index contributed by atoms with van der Waals surface area (Å²) in [5.74, 6) is -3.20. The van der Waals surface area contributed by atoms with Gasteiger partial charge in [-0.2, -0.15) is 0 Å². The van der Waals surface area contributed by atoms with Crippen LogP contribution in [-0.2, 0) is 19.2 Å². The average Bonchev–Trinajstić information content (AvgIpc) is 3.11. The molecule has 0 bridgehead atoms. The highest BCUT2D eigenvalue weighted by Gasteiger charge is 2.58. The monoisotopic (exact) mass is 569 g/mol. The van der Waals surface area contributed by atoms with E-state index in [9.17, 15) is 24.3 Å². The second kappa shape index (κ2) is 8.68. The highest BCUT2D eigenvalue weighted by atomic mass is 79.9. The Morgan fingerprint density at radius 1 is 1.03 bits per heavy atom. The van der Waals surface area contributed by atoms with Crippen molar-refractivity contribution in [3.63, 3.8) is 0 Å². The minimum Gasteiger partial charge on any atom is -0.507 e. The van der Waals surface area contributed by atoms with Gasteiger partial charge in [-0.25, -0.2) is 0 Å². The molecule has 194 valence electrons. The molecule has 1 aromatic carbocycles. The van der Waals surface area contributed by atoms with Crippen LogP contribution in [0.5, 0.6) is 17.2 Å². The molecule has 8 nitrogen and oxygen atoms in total. The molecule has 4 aliphatic rings. The van der Waals surface area contributed by atoms with Gasteiger partial charge in [0, 0.05) is 46.4 Å². The van der Waals surface area contributed by atoms with Crippen LogP contribution in [0, 0.1) is 17.8 Å². The summed E-state index contributed by atoms with van der Waals surface area (Å²) in [6.07, 6.45) is 3.64. The molecule has 4 unspecified atom stereocenters. The van der Waals surface area contributed by atoms with E-state index in [1.54, 1.807) is 6.07 Å². The fourth-order valence-corrected chi connectivity index (χ4v) is 6.81. The molecule has 0 radical (unpaired) electrons. The molecule has 0 aromatic heterocycles. The minimum absolute atomic E-state index is 0.144. The predicted molar refractivity (Wildman–Crippen MR) is 137 cm³/mol. The smallest absolute Gasteiger partial charge is 0.234 e. The summed E-state index contributed by atoms with van der Waals surface area (Å²) in [7, 11) is 2.91. The topological polar surface area (TPSA) is 110 Å². The summed E-state index contributed by atoms with van der Waals surface area (Å²) < 4.78 is 11.0. The van der Waals surface area contributed by atoms with Crippen molar-refractivity contribution in [2.24, 2.45) is 17.8 Å². The number of carbonyl (C=O) groups is 4. The maximum Gasteiger partial charge on any atom is 0.234 e. The number of hydrogen-bond donors (Lipinski definition) is 1. The van der Waals surface area contributed by atoms with E-state index < -0.39 is 29.2 Å². The van der Waals surface area contributed by atoms with Crippen LogP contribution < -0.4 is 9.47 Å². The molecule has 1 aliphatic heterocycles. The summed E-state index contributed by atoms with van der Waals surface area (Å²) in [5, 5.41) is 11.1. The molecule has 37 heavy (non-hydrogen) atoms. The van der Waals surface area contributed by atoms with Crippen molar-refractivity contribution in [1.82, 2.24) is 4.90 Å². The SMILES string of the molecule is COc1cc(O)c(C2C3=CCC4C(=O)N(C(C)(C)C)C(=O)C4C3CC3=C2C(=O)C=C(Br)C3=O)c(OC)c1. The van der Waals surface area contributed by atoms with Gasteiger partial charge >= 0.3 is 0 Å². The van der Waals surface area contributed by atoms with Gasteiger partial charge in [-0.3, -0.25) is 24.1 Å². The van der Waals surface area contributed by atoms with Crippen LogP contribution in [0.3, 0.4) is 0 Å². The van der Waals surface area contributed by atoms with E-state index >= 15 is 0 Å². The summed E-state index contributed by atoms with van der Waals surface area (Å²) >= 11 is 3.22. The standard InChI is InChI=1S/C28H28BrNO7/c1-28(2,3)30-26(34)14-7-6-13-15(21(14)27(30)35)10-16-22(19(32)11-17(29)25(16)33)23(13)24-18(31)8-12(36-4)9-20(24)37-5/h6,8-9,11,14-15,21,23,31H,7,10H2,1-5H3. The first-order valence-electron chi connectivity index (χ1n) is 12.1. The summed E-state index contributed by atoms with van der Waals surface area (Å²) in [6, 6.07) is 3.04. The number of methoxy groups -OCH3 is 2. The van der Waals surface area contributed by atoms with Crippen LogP contribution in [0.2, 0.25) is 0 Å². The van der Waals surface area contributed by atoms with Crippen LogP contribution in [-0.4, -0.2) is 53.1 Å². The Bertz CT molecular complexity index is 1360. The molecule has 0 saturated carbocycles. The van der Waals surface area contributed by atoms with Crippen molar-refractivity contribution in [3.05, 3.63) is 51.0 Å². The Balaban J connectivity index is 1.74. The Morgan fingerprint density at radius 2 is 1.73 bits per heavy atom. The number of Topliss-reactive ketones (excluding diaryl/α,β-unsaturated/α-hetero) is 1. The van der Waals surface area contributed by atoms with Crippen molar-refractivity contribution in [3.8, 4) is 17.2 Å². The number of fused-ring (bicyclic) bond motifs is 3. The highest BCUT2D eigenvalue weighted by Crippen LogP contribution is 2.58. The predicted octanol–water partition coefficient (Wildman–Crippen LogP) is 3.97. The average molecular weight is 570 g/mol. The van der Waals surface area contributed by atoms with Gasteiger partial charge in [0.1, 0.15) is 17.2 Å². The molecule has 0 spiro atoms. The van der Waals surface area contributed by atoms with Gasteiger partial charge in [0.25, 0.3) is 0 Å². The third-order valence-electron chi connectivity index (χ3n) is 7.84. The van der Waals surface area contributed by atoms with E-state index in [2.05, 4.69) is 15.9 Å². The fourth-order valence-electron chi connectivity index (χ4n) is 6.36. The van der Waals surface area contributed by atoms with Crippen molar-refractivity contribution in [2.45, 2.75) is 45.1 Å². The number of nitrogens with zero attached hydrogens (tertiary/aromatic N) is 1. The van der Waals surface area contributed by atoms with Gasteiger partial charge < -0.3 is 14.6 Å². The molecule has 1 aromatic rings. The third kappa shape index (κ3) is 3.69. The lowest BCUT2D eigenvalue weighted by atomic mass is 9.59. The highest BCUT2D eigenvalue weighted by molar-refractivity contribution is 9.12. The number of amides is 2. The molecule has 5 rings (SSSR count). The molecule has 1 fully saturated rings. The Morgan fingerprint density at radius 3 is 2.35 bits per heavy atom. The second-order valence-corrected chi connectivity index (χ2v) is 11.7. The number of likely N-dealkylation sites (tertiary alicyclic amines) is 1. The summed E-state index contributed by atoms with van der Waals surface area (Å²) in [6.45, 7) is 5.47. The molecule has 3 aliphatic carbocycles. The number of phenols is 1. The molecular formula is C28H28BrNO7. The number of ketones is 2. The Kier molecular flexibility index (Phi) is 5.97. The van der Waals surface area contributed by atoms with Crippen LogP contribution in [0.1, 0.15) is 45.1 Å². The normalized spacial score (nSPS) is 27.5. The zero-order chi connectivity index (χ0) is 27.0. The largest absolute Gasteiger partial charge is 0.507 e. The lowest BCUT2D eigenvalue weighted by molar-refractivity contribution is -0.145. The first kappa shape index (κ1) is 25.4. The van der Waals surface area contributed by atoms with Crippen LogP contribution in [0.25, 0.3) is 0 Å². The van der Waals surface area contributed by atoms with E-state index in [1.165, 1.54) is 31.3 Å². The maximum absolute atomic E-state index is 13.7. The molecule has 4 atom stereocenters. The van der Waals surface area contributed by atoms with Gasteiger partial charge in [0.2, 0.25) is 11.8 Å². The van der Waals surface area contributed by atoms with E-state index in [1.807, 2.05) is 26.8 Å². The van der Waals surface area contributed by atoms with Crippen LogP contribution in [0.4, 0.5) is 0 Å². The van der Waals surface area contributed by atoms with E-state index in [4.69, 9.17) is 9.47 Å². The van der Waals surface area contributed by atoms with Crippen LogP contribution >= 0.6 is 15.9 Å². The molecule has 1 N–H and O–H groups in total. The van der Waals surface area contributed by atoms with Gasteiger partial charge in [-0.15, -0.1) is 0 Å². The van der Waals surface area contributed by atoms with E-state index in [0.717, 1.165) is 5.57 Å². The number of hydrogen-bond acceptors (Lipinski definition) is 7. The number of aromatic hydroxyl groups is 1. The Labute approximate surface area is 223 Å². The van der Waals surface area contributed by atoms with Crippen molar-refractivity contribution < 1.29 is 33.8 Å². The summed E-state index contributed by atoms with van der Waals surface area (Å²) in [5.41, 5.74) is 0.922. The number of ether oxygens (including phenoxy) is 2. The summed E-state index contributed by atoms with van der Waals surface area (Å²) in [4.78, 5) is 55.2. The second-order valence-electron chi connectivity index (χ2n) is 10.8. The fraction of sp³-hybridized carbons (Fsp3) is 0.429. The number of imide groups is 1. The molecule has 9 heteroatoms.